The van der Waals surface area contributed by atoms with Crippen molar-refractivity contribution in [1.29, 1.82) is 0 Å². The Morgan fingerprint density at radius 1 is 1.30 bits per heavy atom. The molecule has 0 spiro atoms. The lowest BCUT2D eigenvalue weighted by Gasteiger charge is -2.24. The largest absolute Gasteiger partial charge is 0.352 e. The minimum absolute atomic E-state index is 0.751. The van der Waals surface area contributed by atoms with E-state index in [0.29, 0.717) is 0 Å². The summed E-state index contributed by atoms with van der Waals surface area (Å²) < 4.78 is 1.12. The van der Waals surface area contributed by atoms with Crippen LogP contribution in [-0.4, -0.2) is 55.5 Å². The summed E-state index contributed by atoms with van der Waals surface area (Å²) in [5.41, 5.74) is 1.27. The van der Waals surface area contributed by atoms with Crippen LogP contribution < -0.4 is 5.32 Å². The molecule has 1 N–H and O–H groups in total. The first kappa shape index (κ1) is 18.3. The Hall–Kier alpha value is -1.07. The van der Waals surface area contributed by atoms with E-state index in [0.717, 1.165) is 49.1 Å². The normalized spacial score (nSPS) is 18.7. The van der Waals surface area contributed by atoms with Crippen molar-refractivity contribution >= 4 is 21.9 Å². The highest BCUT2D eigenvalue weighted by Gasteiger charge is 2.25. The molecular weight excluding hydrogens is 352 g/mol. The van der Waals surface area contributed by atoms with Gasteiger partial charge in [0.15, 0.2) is 5.96 Å². The number of rotatable bonds is 6. The predicted molar refractivity (Wildman–Crippen MR) is 102 cm³/mol. The van der Waals surface area contributed by atoms with Gasteiger partial charge in [-0.2, -0.15) is 0 Å². The monoisotopic (exact) mass is 380 g/mol. The maximum Gasteiger partial charge on any atom is 0.193 e. The molecule has 1 aliphatic heterocycles. The van der Waals surface area contributed by atoms with Crippen LogP contribution in [0.5, 0.6) is 0 Å². The number of halogens is 1. The number of hydrogen-bond donors (Lipinski definition) is 1. The zero-order valence-corrected chi connectivity index (χ0v) is 16.1. The molecule has 2 rings (SSSR count). The molecule has 0 bridgehead atoms. The zero-order valence-electron chi connectivity index (χ0n) is 14.6. The minimum Gasteiger partial charge on any atom is -0.352 e. The van der Waals surface area contributed by atoms with Crippen LogP contribution in [0.2, 0.25) is 0 Å². The summed E-state index contributed by atoms with van der Waals surface area (Å²) in [5, 5.41) is 3.50. The molecule has 1 unspecified atom stereocenters. The fourth-order valence-corrected chi connectivity index (χ4v) is 3.40. The third kappa shape index (κ3) is 5.50. The minimum atomic E-state index is 0.751. The van der Waals surface area contributed by atoms with Crippen LogP contribution in [0.4, 0.5) is 0 Å². The number of benzene rings is 1. The van der Waals surface area contributed by atoms with Gasteiger partial charge in [-0.1, -0.05) is 41.9 Å². The van der Waals surface area contributed by atoms with Crippen molar-refractivity contribution in [1.82, 2.24) is 15.1 Å². The molecule has 128 valence electrons. The Balaban J connectivity index is 1.83. The summed E-state index contributed by atoms with van der Waals surface area (Å²) in [6.07, 6.45) is 1.26. The first-order valence-corrected chi connectivity index (χ1v) is 9.37. The van der Waals surface area contributed by atoms with E-state index >= 15 is 0 Å². The lowest BCUT2D eigenvalue weighted by atomic mass is 10.1. The number of guanidine groups is 1. The van der Waals surface area contributed by atoms with E-state index in [-0.39, 0.29) is 0 Å². The third-order valence-electron chi connectivity index (χ3n) is 4.57. The van der Waals surface area contributed by atoms with E-state index in [4.69, 9.17) is 0 Å². The second kappa shape index (κ2) is 9.28. The van der Waals surface area contributed by atoms with Gasteiger partial charge in [-0.05, 0) is 43.1 Å². The summed E-state index contributed by atoms with van der Waals surface area (Å²) in [6.45, 7) is 11.0. The van der Waals surface area contributed by atoms with Crippen LogP contribution in [0, 0.1) is 5.92 Å². The Morgan fingerprint density at radius 2 is 2.00 bits per heavy atom. The second-order valence-electron chi connectivity index (χ2n) is 6.11. The SMILES string of the molecule is CCN(CC)CC1CCN(C(=NC)NCc2ccc(Br)cc2)C1. The molecule has 1 heterocycles. The fraction of sp³-hybridized carbons (Fsp3) is 0.611. The summed E-state index contributed by atoms with van der Waals surface area (Å²) in [5.74, 6) is 1.77. The molecule has 1 aliphatic rings. The number of likely N-dealkylation sites (tertiary alicyclic amines) is 1. The van der Waals surface area contributed by atoms with E-state index < -0.39 is 0 Å². The topological polar surface area (TPSA) is 30.9 Å². The Morgan fingerprint density at radius 3 is 2.61 bits per heavy atom. The highest BCUT2D eigenvalue weighted by atomic mass is 79.9. The summed E-state index contributed by atoms with van der Waals surface area (Å²) in [6, 6.07) is 8.43. The molecule has 1 atom stereocenters. The summed E-state index contributed by atoms with van der Waals surface area (Å²) >= 11 is 3.47. The Bertz CT molecular complexity index is 496. The highest BCUT2D eigenvalue weighted by molar-refractivity contribution is 9.10. The molecule has 1 fully saturated rings. The fourth-order valence-electron chi connectivity index (χ4n) is 3.14. The van der Waals surface area contributed by atoms with Crippen LogP contribution in [0.15, 0.2) is 33.7 Å². The van der Waals surface area contributed by atoms with Crippen LogP contribution in [0.3, 0.4) is 0 Å². The third-order valence-corrected chi connectivity index (χ3v) is 5.10. The van der Waals surface area contributed by atoms with Crippen molar-refractivity contribution < 1.29 is 0 Å². The van der Waals surface area contributed by atoms with Crippen LogP contribution in [0.1, 0.15) is 25.8 Å². The van der Waals surface area contributed by atoms with Crippen molar-refractivity contribution in [2.75, 3.05) is 39.8 Å². The van der Waals surface area contributed by atoms with Crippen molar-refractivity contribution in [3.8, 4) is 0 Å². The van der Waals surface area contributed by atoms with Gasteiger partial charge in [-0.15, -0.1) is 0 Å². The molecule has 0 amide bonds. The van der Waals surface area contributed by atoms with Gasteiger partial charge < -0.3 is 15.1 Å². The highest BCUT2D eigenvalue weighted by Crippen LogP contribution is 2.18. The second-order valence-corrected chi connectivity index (χ2v) is 7.03. The molecule has 4 nitrogen and oxygen atoms in total. The average molecular weight is 381 g/mol. The van der Waals surface area contributed by atoms with E-state index in [1.54, 1.807) is 0 Å². The number of nitrogens with zero attached hydrogens (tertiary/aromatic N) is 3. The van der Waals surface area contributed by atoms with E-state index in [1.165, 1.54) is 18.5 Å². The van der Waals surface area contributed by atoms with Gasteiger partial charge in [0.1, 0.15) is 0 Å². The maximum atomic E-state index is 4.47. The number of aliphatic imine (C=N–C) groups is 1. The van der Waals surface area contributed by atoms with E-state index in [9.17, 15) is 0 Å². The maximum absolute atomic E-state index is 4.47. The number of nitrogens with one attached hydrogen (secondary N) is 1. The van der Waals surface area contributed by atoms with E-state index in [2.05, 4.69) is 74.2 Å². The molecule has 23 heavy (non-hydrogen) atoms. The zero-order chi connectivity index (χ0) is 16.7. The standard InChI is InChI=1S/C18H29BrN4/c1-4-22(5-2)13-16-10-11-23(14-16)18(20-3)21-12-15-6-8-17(19)9-7-15/h6-9,16H,4-5,10-14H2,1-3H3,(H,20,21). The molecule has 0 aliphatic carbocycles. The van der Waals surface area contributed by atoms with Gasteiger partial charge in [0.2, 0.25) is 0 Å². The molecule has 1 aromatic carbocycles. The molecular formula is C18H29BrN4. The van der Waals surface area contributed by atoms with Crippen LogP contribution in [-0.2, 0) is 6.54 Å². The first-order chi connectivity index (χ1) is 11.2. The van der Waals surface area contributed by atoms with Crippen molar-refractivity contribution in [3.05, 3.63) is 34.3 Å². The van der Waals surface area contributed by atoms with Crippen molar-refractivity contribution in [3.63, 3.8) is 0 Å². The molecule has 0 radical (unpaired) electrons. The Kier molecular flexibility index (Phi) is 7.37. The van der Waals surface area contributed by atoms with Gasteiger partial charge in [-0.3, -0.25) is 4.99 Å². The average Bonchev–Trinajstić information content (AvgIpc) is 3.03. The van der Waals surface area contributed by atoms with Gasteiger partial charge >= 0.3 is 0 Å². The molecule has 0 aromatic heterocycles. The van der Waals surface area contributed by atoms with Gasteiger partial charge in [0.05, 0.1) is 0 Å². The van der Waals surface area contributed by atoms with Crippen molar-refractivity contribution in [2.45, 2.75) is 26.8 Å². The molecule has 5 heteroatoms. The molecule has 1 aromatic rings. The summed E-state index contributed by atoms with van der Waals surface area (Å²) in [4.78, 5) is 9.38. The smallest absolute Gasteiger partial charge is 0.193 e. The molecule has 0 saturated carbocycles. The lowest BCUT2D eigenvalue weighted by molar-refractivity contribution is 0.255. The number of hydrogen-bond acceptors (Lipinski definition) is 2. The quantitative estimate of drug-likeness (QED) is 0.607. The van der Waals surface area contributed by atoms with E-state index in [1.807, 2.05) is 7.05 Å². The first-order valence-electron chi connectivity index (χ1n) is 8.58. The van der Waals surface area contributed by atoms with Gasteiger partial charge in [0.25, 0.3) is 0 Å². The predicted octanol–water partition coefficient (Wildman–Crippen LogP) is 3.19. The van der Waals surface area contributed by atoms with Crippen LogP contribution in [0.25, 0.3) is 0 Å². The lowest BCUT2D eigenvalue weighted by Crippen LogP contribution is -2.40. The van der Waals surface area contributed by atoms with Gasteiger partial charge in [0, 0.05) is 37.7 Å². The Labute approximate surface area is 149 Å². The summed E-state index contributed by atoms with van der Waals surface area (Å²) in [7, 11) is 1.88. The van der Waals surface area contributed by atoms with Gasteiger partial charge in [-0.25, -0.2) is 0 Å². The van der Waals surface area contributed by atoms with Crippen LogP contribution >= 0.6 is 15.9 Å². The molecule has 1 saturated heterocycles. The van der Waals surface area contributed by atoms with Crippen molar-refractivity contribution in [2.24, 2.45) is 10.9 Å².